The van der Waals surface area contributed by atoms with E-state index >= 15 is 0 Å². The monoisotopic (exact) mass is 209 g/mol. The Balaban J connectivity index is 3.30. The SMILES string of the molecule is CC(C)(C)c1cc(F)nc(C(C)(C)C)c1. The summed E-state index contributed by atoms with van der Waals surface area (Å²) in [5.41, 5.74) is 1.67. The van der Waals surface area contributed by atoms with Gasteiger partial charge in [0.05, 0.1) is 0 Å². The van der Waals surface area contributed by atoms with Crippen LogP contribution in [0.1, 0.15) is 52.8 Å². The Kier molecular flexibility index (Phi) is 2.90. The fraction of sp³-hybridized carbons (Fsp3) is 0.615. The lowest BCUT2D eigenvalue weighted by Gasteiger charge is -2.23. The first-order chi connectivity index (χ1) is 6.60. The van der Waals surface area contributed by atoms with Crippen LogP contribution in [0.2, 0.25) is 0 Å². The molecule has 0 aliphatic heterocycles. The summed E-state index contributed by atoms with van der Waals surface area (Å²) in [5.74, 6) is -0.382. The van der Waals surface area contributed by atoms with Crippen LogP contribution in [0.15, 0.2) is 12.1 Å². The average molecular weight is 209 g/mol. The Labute approximate surface area is 91.7 Å². The van der Waals surface area contributed by atoms with Crippen LogP contribution in [0.3, 0.4) is 0 Å². The van der Waals surface area contributed by atoms with E-state index in [4.69, 9.17) is 0 Å². The van der Waals surface area contributed by atoms with Gasteiger partial charge in [-0.15, -0.1) is 0 Å². The van der Waals surface area contributed by atoms with Crippen LogP contribution in [0, 0.1) is 5.95 Å². The molecule has 0 fully saturated rings. The van der Waals surface area contributed by atoms with Gasteiger partial charge in [0.1, 0.15) is 0 Å². The molecule has 0 bridgehead atoms. The first kappa shape index (κ1) is 12.2. The van der Waals surface area contributed by atoms with Gasteiger partial charge in [-0.25, -0.2) is 4.98 Å². The van der Waals surface area contributed by atoms with Crippen molar-refractivity contribution in [3.05, 3.63) is 29.3 Å². The predicted molar refractivity (Wildman–Crippen MR) is 61.6 cm³/mol. The second-order valence-electron chi connectivity index (χ2n) is 6.06. The number of rotatable bonds is 0. The fourth-order valence-electron chi connectivity index (χ4n) is 1.31. The molecule has 2 heteroatoms. The molecule has 1 aromatic rings. The highest BCUT2D eigenvalue weighted by Crippen LogP contribution is 2.27. The molecule has 0 aliphatic carbocycles. The van der Waals surface area contributed by atoms with Crippen LogP contribution >= 0.6 is 0 Å². The number of nitrogens with zero attached hydrogens (tertiary/aromatic N) is 1. The lowest BCUT2D eigenvalue weighted by molar-refractivity contribution is 0.506. The summed E-state index contributed by atoms with van der Waals surface area (Å²) < 4.78 is 13.4. The largest absolute Gasteiger partial charge is 0.224 e. The van der Waals surface area contributed by atoms with Crippen molar-refractivity contribution in [2.24, 2.45) is 0 Å². The maximum absolute atomic E-state index is 13.4. The van der Waals surface area contributed by atoms with Crippen LogP contribution < -0.4 is 0 Å². The predicted octanol–water partition coefficient (Wildman–Crippen LogP) is 3.82. The van der Waals surface area contributed by atoms with Gasteiger partial charge in [-0.05, 0) is 23.1 Å². The molecule has 0 aliphatic rings. The molecule has 1 heterocycles. The van der Waals surface area contributed by atoms with Crippen molar-refractivity contribution in [2.45, 2.75) is 52.4 Å². The van der Waals surface area contributed by atoms with E-state index in [1.54, 1.807) is 0 Å². The minimum atomic E-state index is -0.382. The third kappa shape index (κ3) is 3.01. The van der Waals surface area contributed by atoms with Gasteiger partial charge in [0.2, 0.25) is 5.95 Å². The smallest absolute Gasteiger partial charge is 0.213 e. The fourth-order valence-corrected chi connectivity index (χ4v) is 1.31. The van der Waals surface area contributed by atoms with Crippen molar-refractivity contribution in [3.63, 3.8) is 0 Å². The van der Waals surface area contributed by atoms with Crippen molar-refractivity contribution < 1.29 is 4.39 Å². The van der Waals surface area contributed by atoms with E-state index < -0.39 is 0 Å². The third-order valence-electron chi connectivity index (χ3n) is 2.43. The van der Waals surface area contributed by atoms with Gasteiger partial charge >= 0.3 is 0 Å². The Bertz CT molecular complexity index is 324. The quantitative estimate of drug-likeness (QED) is 0.592. The van der Waals surface area contributed by atoms with Crippen LogP contribution in [0.5, 0.6) is 0 Å². The summed E-state index contributed by atoms with van der Waals surface area (Å²) in [7, 11) is 0. The molecule has 0 spiro atoms. The Morgan fingerprint density at radius 3 is 1.87 bits per heavy atom. The lowest BCUT2D eigenvalue weighted by Crippen LogP contribution is -2.18. The number of aromatic nitrogens is 1. The maximum Gasteiger partial charge on any atom is 0.213 e. The third-order valence-corrected chi connectivity index (χ3v) is 2.43. The van der Waals surface area contributed by atoms with Gasteiger partial charge in [-0.2, -0.15) is 4.39 Å². The number of pyridine rings is 1. The van der Waals surface area contributed by atoms with E-state index in [0.29, 0.717) is 0 Å². The number of halogens is 1. The molecule has 0 amide bonds. The lowest BCUT2D eigenvalue weighted by atomic mass is 9.84. The minimum absolute atomic E-state index is 0.0379. The zero-order valence-corrected chi connectivity index (χ0v) is 10.5. The summed E-state index contributed by atoms with van der Waals surface area (Å²) in [6.45, 7) is 12.4. The van der Waals surface area contributed by atoms with Gasteiger partial charge in [0.15, 0.2) is 0 Å². The summed E-state index contributed by atoms with van der Waals surface area (Å²) in [5, 5.41) is 0. The molecule has 0 saturated carbocycles. The molecule has 1 aromatic heterocycles. The molecule has 0 aromatic carbocycles. The van der Waals surface area contributed by atoms with Crippen LogP contribution in [0.25, 0.3) is 0 Å². The van der Waals surface area contributed by atoms with Crippen LogP contribution in [-0.2, 0) is 10.8 Å². The molecule has 1 nitrogen and oxygen atoms in total. The molecule has 0 unspecified atom stereocenters. The van der Waals surface area contributed by atoms with Gasteiger partial charge < -0.3 is 0 Å². The van der Waals surface area contributed by atoms with Gasteiger partial charge in [0, 0.05) is 11.1 Å². The molecular weight excluding hydrogens is 189 g/mol. The van der Waals surface area contributed by atoms with Gasteiger partial charge in [-0.1, -0.05) is 41.5 Å². The van der Waals surface area contributed by atoms with E-state index in [1.165, 1.54) is 6.07 Å². The highest BCUT2D eigenvalue weighted by molar-refractivity contribution is 5.27. The first-order valence-corrected chi connectivity index (χ1v) is 5.29. The van der Waals surface area contributed by atoms with E-state index in [0.717, 1.165) is 11.3 Å². The molecule has 0 saturated heterocycles. The minimum Gasteiger partial charge on any atom is -0.224 e. The molecule has 0 atom stereocenters. The molecular formula is C13H20FN. The zero-order chi connectivity index (χ0) is 11.9. The van der Waals surface area contributed by atoms with Gasteiger partial charge in [-0.3, -0.25) is 0 Å². The van der Waals surface area contributed by atoms with Crippen LogP contribution in [0.4, 0.5) is 4.39 Å². The summed E-state index contributed by atoms with van der Waals surface area (Å²) in [6, 6.07) is 3.53. The van der Waals surface area contributed by atoms with E-state index in [2.05, 4.69) is 25.8 Å². The summed E-state index contributed by atoms with van der Waals surface area (Å²) in [4.78, 5) is 3.95. The topological polar surface area (TPSA) is 12.9 Å². The van der Waals surface area contributed by atoms with Gasteiger partial charge in [0.25, 0.3) is 0 Å². The van der Waals surface area contributed by atoms with E-state index in [-0.39, 0.29) is 16.8 Å². The van der Waals surface area contributed by atoms with Crippen LogP contribution in [-0.4, -0.2) is 4.98 Å². The Morgan fingerprint density at radius 2 is 1.47 bits per heavy atom. The van der Waals surface area contributed by atoms with E-state index in [1.807, 2.05) is 26.8 Å². The second kappa shape index (κ2) is 3.58. The van der Waals surface area contributed by atoms with Crippen molar-refractivity contribution in [2.75, 3.05) is 0 Å². The molecule has 0 N–H and O–H groups in total. The number of hydrogen-bond acceptors (Lipinski definition) is 1. The highest BCUT2D eigenvalue weighted by Gasteiger charge is 2.21. The second-order valence-corrected chi connectivity index (χ2v) is 6.06. The van der Waals surface area contributed by atoms with E-state index in [9.17, 15) is 4.39 Å². The summed E-state index contributed by atoms with van der Waals surface area (Å²) >= 11 is 0. The Hall–Kier alpha value is -0.920. The highest BCUT2D eigenvalue weighted by atomic mass is 19.1. The van der Waals surface area contributed by atoms with Crippen molar-refractivity contribution >= 4 is 0 Å². The number of hydrogen-bond donors (Lipinski definition) is 0. The maximum atomic E-state index is 13.4. The average Bonchev–Trinajstić information content (AvgIpc) is 1.99. The molecule has 15 heavy (non-hydrogen) atoms. The zero-order valence-electron chi connectivity index (χ0n) is 10.5. The Morgan fingerprint density at radius 1 is 0.933 bits per heavy atom. The standard InChI is InChI=1S/C13H20FN/c1-12(2,3)9-7-10(13(4,5)6)15-11(14)8-9/h7-8H,1-6H3. The van der Waals surface area contributed by atoms with Crippen molar-refractivity contribution in [1.82, 2.24) is 4.98 Å². The van der Waals surface area contributed by atoms with Crippen molar-refractivity contribution in [3.8, 4) is 0 Å². The van der Waals surface area contributed by atoms with Crippen molar-refractivity contribution in [1.29, 1.82) is 0 Å². The molecule has 1 rings (SSSR count). The normalized spacial score (nSPS) is 13.0. The molecule has 84 valence electrons. The molecule has 0 radical (unpaired) electrons. The summed E-state index contributed by atoms with van der Waals surface area (Å²) in [6.07, 6.45) is 0. The first-order valence-electron chi connectivity index (χ1n) is 5.29.